The fourth-order valence-corrected chi connectivity index (χ4v) is 4.81. The Kier molecular flexibility index (Phi) is 2.64. The number of phenols is 2. The van der Waals surface area contributed by atoms with E-state index in [-0.39, 0.29) is 16.9 Å². The van der Waals surface area contributed by atoms with E-state index in [1.54, 1.807) is 6.07 Å². The van der Waals surface area contributed by atoms with Crippen LogP contribution in [0.15, 0.2) is 12.1 Å². The summed E-state index contributed by atoms with van der Waals surface area (Å²) in [5.41, 5.74) is 3.03. The fraction of sp³-hybridized carbons (Fsp3) is 0.647. The molecule has 0 bridgehead atoms. The zero-order chi connectivity index (χ0) is 13.8. The second-order valence-corrected chi connectivity index (χ2v) is 7.35. The van der Waals surface area contributed by atoms with Gasteiger partial charge in [0.05, 0.1) is 0 Å². The van der Waals surface area contributed by atoms with E-state index in [4.69, 9.17) is 0 Å². The van der Waals surface area contributed by atoms with Crippen molar-refractivity contribution in [2.45, 2.75) is 58.3 Å². The summed E-state index contributed by atoms with van der Waals surface area (Å²) >= 11 is 0. The first-order chi connectivity index (χ1) is 8.84. The van der Waals surface area contributed by atoms with Gasteiger partial charge in [0.2, 0.25) is 0 Å². The summed E-state index contributed by atoms with van der Waals surface area (Å²) in [5, 5.41) is 19.6. The van der Waals surface area contributed by atoms with Crippen molar-refractivity contribution in [3.63, 3.8) is 0 Å². The number of fused-ring (bicyclic) bond motifs is 3. The molecular weight excluding hydrogens is 236 g/mol. The molecule has 0 radical (unpaired) electrons. The predicted octanol–water partition coefficient (Wildman–Crippen LogP) is 4.13. The van der Waals surface area contributed by atoms with E-state index in [9.17, 15) is 10.2 Å². The standard InChI is InChI=1S/C17H24O2/c1-16(2)7-4-8-17(3)12-10-14(19)13(18)9-11(12)5-6-15(16)17/h9-10,15,18-19H,4-8H2,1-3H3/t15-,17+/m1/s1. The molecule has 2 aliphatic rings. The lowest BCUT2D eigenvalue weighted by Gasteiger charge is -2.54. The molecule has 0 aliphatic heterocycles. The first kappa shape index (κ1) is 12.8. The molecule has 0 unspecified atom stereocenters. The fourth-order valence-electron chi connectivity index (χ4n) is 4.81. The number of rotatable bonds is 0. The third-order valence-electron chi connectivity index (χ3n) is 5.75. The Balaban J connectivity index is 2.14. The summed E-state index contributed by atoms with van der Waals surface area (Å²) in [6.45, 7) is 7.13. The van der Waals surface area contributed by atoms with Crippen LogP contribution in [0.4, 0.5) is 0 Å². The van der Waals surface area contributed by atoms with E-state index in [0.717, 1.165) is 6.42 Å². The molecule has 3 rings (SSSR count). The average Bonchev–Trinajstić information content (AvgIpc) is 2.30. The predicted molar refractivity (Wildman–Crippen MR) is 76.6 cm³/mol. The highest BCUT2D eigenvalue weighted by Gasteiger charge is 2.49. The van der Waals surface area contributed by atoms with Gasteiger partial charge in [-0.25, -0.2) is 0 Å². The molecule has 1 saturated carbocycles. The summed E-state index contributed by atoms with van der Waals surface area (Å²) < 4.78 is 0. The van der Waals surface area contributed by atoms with Crippen molar-refractivity contribution in [2.24, 2.45) is 11.3 Å². The molecule has 104 valence electrons. The summed E-state index contributed by atoms with van der Waals surface area (Å²) in [6.07, 6.45) is 5.96. The average molecular weight is 260 g/mol. The lowest BCUT2D eigenvalue weighted by Crippen LogP contribution is -2.47. The maximum absolute atomic E-state index is 9.86. The number of aryl methyl sites for hydroxylation is 1. The van der Waals surface area contributed by atoms with Gasteiger partial charge in [0.25, 0.3) is 0 Å². The van der Waals surface area contributed by atoms with Crippen molar-refractivity contribution in [1.29, 1.82) is 0 Å². The number of hydrogen-bond acceptors (Lipinski definition) is 2. The minimum absolute atomic E-state index is 0.0240. The monoisotopic (exact) mass is 260 g/mol. The molecule has 0 spiro atoms. The van der Waals surface area contributed by atoms with Crippen molar-refractivity contribution in [1.82, 2.24) is 0 Å². The van der Waals surface area contributed by atoms with E-state index >= 15 is 0 Å². The van der Waals surface area contributed by atoms with Crippen molar-refractivity contribution in [3.05, 3.63) is 23.3 Å². The van der Waals surface area contributed by atoms with Crippen LogP contribution in [0.1, 0.15) is 57.6 Å². The summed E-state index contributed by atoms with van der Waals surface area (Å²) in [4.78, 5) is 0. The lowest BCUT2D eigenvalue weighted by atomic mass is 9.50. The van der Waals surface area contributed by atoms with E-state index in [2.05, 4.69) is 20.8 Å². The van der Waals surface area contributed by atoms with E-state index in [0.29, 0.717) is 11.3 Å². The van der Waals surface area contributed by atoms with Gasteiger partial charge in [0.1, 0.15) is 0 Å². The third-order valence-corrected chi connectivity index (χ3v) is 5.75. The molecule has 1 fully saturated rings. The van der Waals surface area contributed by atoms with Crippen LogP contribution in [0, 0.1) is 11.3 Å². The highest BCUT2D eigenvalue weighted by Crippen LogP contribution is 2.57. The summed E-state index contributed by atoms with van der Waals surface area (Å²) in [5.74, 6) is 0.727. The van der Waals surface area contributed by atoms with Crippen molar-refractivity contribution in [3.8, 4) is 11.5 Å². The smallest absolute Gasteiger partial charge is 0.157 e. The second kappa shape index (κ2) is 3.91. The van der Waals surface area contributed by atoms with Crippen LogP contribution < -0.4 is 0 Å². The number of hydrogen-bond donors (Lipinski definition) is 2. The van der Waals surface area contributed by atoms with Gasteiger partial charge in [-0.05, 0) is 65.7 Å². The van der Waals surface area contributed by atoms with Crippen molar-refractivity contribution < 1.29 is 10.2 Å². The SMILES string of the molecule is CC1(C)CCC[C@@]2(C)c3cc(O)c(O)cc3CC[C@H]12. The van der Waals surface area contributed by atoms with Gasteiger partial charge < -0.3 is 10.2 Å². The molecule has 1 aromatic carbocycles. The Morgan fingerprint density at radius 2 is 1.74 bits per heavy atom. The Bertz CT molecular complexity index is 518. The van der Waals surface area contributed by atoms with Gasteiger partial charge in [-0.15, -0.1) is 0 Å². The van der Waals surface area contributed by atoms with Gasteiger partial charge in [0, 0.05) is 0 Å². The largest absolute Gasteiger partial charge is 0.504 e. The number of aromatic hydroxyl groups is 2. The Morgan fingerprint density at radius 3 is 2.47 bits per heavy atom. The highest BCUT2D eigenvalue weighted by atomic mass is 16.3. The van der Waals surface area contributed by atoms with Crippen LogP contribution in [-0.2, 0) is 11.8 Å². The molecule has 0 heterocycles. The van der Waals surface area contributed by atoms with Gasteiger partial charge >= 0.3 is 0 Å². The number of benzene rings is 1. The minimum Gasteiger partial charge on any atom is -0.504 e. The van der Waals surface area contributed by atoms with E-state index in [1.165, 1.54) is 36.8 Å². The molecule has 0 aromatic heterocycles. The van der Waals surface area contributed by atoms with Gasteiger partial charge in [-0.2, -0.15) is 0 Å². The number of phenolic OH excluding ortho intramolecular Hbond substituents is 2. The first-order valence-corrected chi connectivity index (χ1v) is 7.40. The first-order valence-electron chi connectivity index (χ1n) is 7.40. The molecule has 2 atom stereocenters. The Labute approximate surface area is 115 Å². The molecular formula is C17H24O2. The van der Waals surface area contributed by atoms with Crippen LogP contribution in [0.5, 0.6) is 11.5 Å². The second-order valence-electron chi connectivity index (χ2n) is 7.35. The zero-order valence-corrected chi connectivity index (χ0v) is 12.2. The molecule has 0 amide bonds. The topological polar surface area (TPSA) is 40.5 Å². The van der Waals surface area contributed by atoms with Crippen LogP contribution >= 0.6 is 0 Å². The van der Waals surface area contributed by atoms with Crippen LogP contribution in [0.25, 0.3) is 0 Å². The van der Waals surface area contributed by atoms with Crippen LogP contribution in [0.2, 0.25) is 0 Å². The summed E-state index contributed by atoms with van der Waals surface area (Å²) in [7, 11) is 0. The zero-order valence-electron chi connectivity index (χ0n) is 12.2. The van der Waals surface area contributed by atoms with Gasteiger partial charge in [0.15, 0.2) is 11.5 Å². The highest BCUT2D eigenvalue weighted by molar-refractivity contribution is 5.50. The van der Waals surface area contributed by atoms with Crippen molar-refractivity contribution in [2.75, 3.05) is 0 Å². The molecule has 1 aromatic rings. The van der Waals surface area contributed by atoms with E-state index in [1.807, 2.05) is 6.07 Å². The molecule has 2 N–H and O–H groups in total. The normalized spacial score (nSPS) is 32.5. The molecule has 2 nitrogen and oxygen atoms in total. The Morgan fingerprint density at radius 1 is 1.05 bits per heavy atom. The van der Waals surface area contributed by atoms with Gasteiger partial charge in [-0.1, -0.05) is 27.2 Å². The van der Waals surface area contributed by atoms with Crippen molar-refractivity contribution >= 4 is 0 Å². The molecule has 2 aliphatic carbocycles. The quantitative estimate of drug-likeness (QED) is 0.689. The van der Waals surface area contributed by atoms with Gasteiger partial charge in [-0.3, -0.25) is 0 Å². The van der Waals surface area contributed by atoms with E-state index < -0.39 is 0 Å². The summed E-state index contributed by atoms with van der Waals surface area (Å²) in [6, 6.07) is 3.59. The maximum Gasteiger partial charge on any atom is 0.157 e. The van der Waals surface area contributed by atoms with Crippen LogP contribution in [0.3, 0.4) is 0 Å². The molecule has 2 heteroatoms. The molecule has 19 heavy (non-hydrogen) atoms. The third kappa shape index (κ3) is 1.76. The molecule has 0 saturated heterocycles. The lowest BCUT2D eigenvalue weighted by molar-refractivity contribution is 0.0405. The maximum atomic E-state index is 9.86. The van der Waals surface area contributed by atoms with Crippen LogP contribution in [-0.4, -0.2) is 10.2 Å². The minimum atomic E-state index is 0.0240. The Hall–Kier alpha value is -1.18.